The predicted octanol–water partition coefficient (Wildman–Crippen LogP) is 2.17. The standard InChI is InChI=1S/C13H11ClN4O5/c14-8-1-2-9(11(7-8)18(22)23)16-12(19)4-6-17-10(13(20)21)3-5-15-17/h1-3,5,7H,4,6H2,(H,16,19)(H,20,21). The lowest BCUT2D eigenvalue weighted by Crippen LogP contribution is -2.18. The molecule has 1 aromatic heterocycles. The summed E-state index contributed by atoms with van der Waals surface area (Å²) in [6.07, 6.45) is 1.22. The Balaban J connectivity index is 2.04. The quantitative estimate of drug-likeness (QED) is 0.613. The molecule has 2 rings (SSSR count). The van der Waals surface area contributed by atoms with Crippen LogP contribution < -0.4 is 5.32 Å². The molecule has 0 aliphatic carbocycles. The van der Waals surface area contributed by atoms with Crippen molar-refractivity contribution in [3.63, 3.8) is 0 Å². The first kappa shape index (κ1) is 16.4. The number of rotatable bonds is 6. The number of nitrogens with one attached hydrogen (secondary N) is 1. The van der Waals surface area contributed by atoms with Gasteiger partial charge in [0.15, 0.2) is 0 Å². The molecule has 0 saturated heterocycles. The van der Waals surface area contributed by atoms with E-state index in [1.165, 1.54) is 24.4 Å². The van der Waals surface area contributed by atoms with Gasteiger partial charge in [0.2, 0.25) is 5.91 Å². The SMILES string of the molecule is O=C(CCn1nccc1C(=O)O)Nc1ccc(Cl)cc1[N+](=O)[O-]. The summed E-state index contributed by atoms with van der Waals surface area (Å²) in [5.41, 5.74) is -0.352. The van der Waals surface area contributed by atoms with Crippen LogP contribution in [0.15, 0.2) is 30.5 Å². The second kappa shape index (κ2) is 6.88. The summed E-state index contributed by atoms with van der Waals surface area (Å²) in [6.45, 7) is 0.0296. The van der Waals surface area contributed by atoms with Gasteiger partial charge in [-0.1, -0.05) is 11.6 Å². The number of carboxylic acids is 1. The molecule has 9 nitrogen and oxygen atoms in total. The average Bonchev–Trinajstić information content (AvgIpc) is 2.95. The highest BCUT2D eigenvalue weighted by Crippen LogP contribution is 2.27. The van der Waals surface area contributed by atoms with Crippen LogP contribution in [0, 0.1) is 10.1 Å². The number of nitro groups is 1. The van der Waals surface area contributed by atoms with E-state index in [-0.39, 0.29) is 35.1 Å². The third-order valence-corrected chi connectivity index (χ3v) is 3.15. The fourth-order valence-electron chi connectivity index (χ4n) is 1.87. The Kier molecular flexibility index (Phi) is 4.91. The Morgan fingerprint density at radius 1 is 1.39 bits per heavy atom. The fraction of sp³-hybridized carbons (Fsp3) is 0.154. The summed E-state index contributed by atoms with van der Waals surface area (Å²) >= 11 is 5.69. The monoisotopic (exact) mass is 338 g/mol. The molecule has 2 aromatic rings. The Morgan fingerprint density at radius 2 is 2.13 bits per heavy atom. The van der Waals surface area contributed by atoms with Crippen molar-refractivity contribution in [1.29, 1.82) is 0 Å². The molecule has 0 atom stereocenters. The summed E-state index contributed by atoms with van der Waals surface area (Å²) in [7, 11) is 0. The number of nitrogens with zero attached hydrogens (tertiary/aromatic N) is 3. The van der Waals surface area contributed by atoms with Gasteiger partial charge in [0.1, 0.15) is 11.4 Å². The molecule has 23 heavy (non-hydrogen) atoms. The van der Waals surface area contributed by atoms with Crippen LogP contribution in [0.1, 0.15) is 16.9 Å². The van der Waals surface area contributed by atoms with Gasteiger partial charge < -0.3 is 10.4 Å². The van der Waals surface area contributed by atoms with Gasteiger partial charge in [-0.25, -0.2) is 4.79 Å². The van der Waals surface area contributed by atoms with Crippen LogP contribution in [-0.2, 0) is 11.3 Å². The van der Waals surface area contributed by atoms with E-state index < -0.39 is 16.8 Å². The van der Waals surface area contributed by atoms with E-state index >= 15 is 0 Å². The minimum atomic E-state index is -1.16. The van der Waals surface area contributed by atoms with Crippen LogP contribution in [0.4, 0.5) is 11.4 Å². The normalized spacial score (nSPS) is 10.3. The number of carbonyl (C=O) groups excluding carboxylic acids is 1. The average molecular weight is 339 g/mol. The first-order chi connectivity index (χ1) is 10.9. The van der Waals surface area contributed by atoms with E-state index in [0.29, 0.717) is 0 Å². The topological polar surface area (TPSA) is 127 Å². The van der Waals surface area contributed by atoms with Gasteiger partial charge in [-0.15, -0.1) is 0 Å². The Labute approximate surface area is 134 Å². The molecule has 10 heteroatoms. The molecule has 0 saturated carbocycles. The Bertz CT molecular complexity index is 773. The lowest BCUT2D eigenvalue weighted by molar-refractivity contribution is -0.383. The lowest BCUT2D eigenvalue weighted by Gasteiger charge is -2.07. The lowest BCUT2D eigenvalue weighted by atomic mass is 10.2. The van der Waals surface area contributed by atoms with Gasteiger partial charge in [0.05, 0.1) is 11.5 Å². The maximum absolute atomic E-state index is 11.9. The number of aryl methyl sites for hydroxylation is 1. The van der Waals surface area contributed by atoms with Crippen LogP contribution in [-0.4, -0.2) is 31.7 Å². The summed E-state index contributed by atoms with van der Waals surface area (Å²) in [5.74, 6) is -1.67. The zero-order valence-electron chi connectivity index (χ0n) is 11.6. The van der Waals surface area contributed by atoms with Gasteiger partial charge in [0.25, 0.3) is 5.69 Å². The molecule has 0 aliphatic heterocycles. The molecule has 0 unspecified atom stereocenters. The van der Waals surface area contributed by atoms with E-state index in [1.54, 1.807) is 0 Å². The second-order valence-electron chi connectivity index (χ2n) is 4.46. The van der Waals surface area contributed by atoms with Crippen molar-refractivity contribution in [2.24, 2.45) is 0 Å². The van der Waals surface area contributed by atoms with Crippen molar-refractivity contribution in [3.8, 4) is 0 Å². The molecule has 0 spiro atoms. The van der Waals surface area contributed by atoms with Gasteiger partial charge in [0, 0.05) is 23.7 Å². The molecular weight excluding hydrogens is 328 g/mol. The zero-order valence-corrected chi connectivity index (χ0v) is 12.4. The summed E-state index contributed by atoms with van der Waals surface area (Å²) < 4.78 is 1.16. The number of carboxylic acid groups (broad SMARTS) is 1. The number of halogens is 1. The summed E-state index contributed by atoms with van der Waals surface area (Å²) in [6, 6.07) is 5.19. The number of hydrogen-bond donors (Lipinski definition) is 2. The van der Waals surface area contributed by atoms with E-state index in [0.717, 1.165) is 10.7 Å². The second-order valence-corrected chi connectivity index (χ2v) is 4.90. The molecule has 120 valence electrons. The minimum absolute atomic E-state index is 0.0170. The molecule has 0 fully saturated rings. The van der Waals surface area contributed by atoms with Crippen molar-refractivity contribution >= 4 is 34.9 Å². The van der Waals surface area contributed by atoms with E-state index in [9.17, 15) is 19.7 Å². The molecule has 1 aromatic carbocycles. The molecule has 1 heterocycles. The van der Waals surface area contributed by atoms with Gasteiger partial charge in [-0.05, 0) is 18.2 Å². The number of amides is 1. The summed E-state index contributed by atoms with van der Waals surface area (Å²) in [5, 5.41) is 26.3. The zero-order chi connectivity index (χ0) is 17.0. The smallest absolute Gasteiger partial charge is 0.354 e. The van der Waals surface area contributed by atoms with Crippen LogP contribution >= 0.6 is 11.6 Å². The minimum Gasteiger partial charge on any atom is -0.477 e. The molecule has 0 bridgehead atoms. The number of aromatic nitrogens is 2. The maximum Gasteiger partial charge on any atom is 0.354 e. The van der Waals surface area contributed by atoms with Gasteiger partial charge in [-0.2, -0.15) is 5.10 Å². The first-order valence-corrected chi connectivity index (χ1v) is 6.75. The third-order valence-electron chi connectivity index (χ3n) is 2.92. The predicted molar refractivity (Wildman–Crippen MR) is 80.5 cm³/mol. The molecule has 1 amide bonds. The third kappa shape index (κ3) is 4.04. The van der Waals surface area contributed by atoms with Crippen LogP contribution in [0.3, 0.4) is 0 Å². The number of carbonyl (C=O) groups is 2. The van der Waals surface area contributed by atoms with Crippen molar-refractivity contribution in [3.05, 3.63) is 51.3 Å². The highest BCUT2D eigenvalue weighted by molar-refractivity contribution is 6.31. The first-order valence-electron chi connectivity index (χ1n) is 6.37. The van der Waals surface area contributed by atoms with Gasteiger partial charge >= 0.3 is 5.97 Å². The molecule has 2 N–H and O–H groups in total. The number of benzene rings is 1. The Morgan fingerprint density at radius 3 is 2.78 bits per heavy atom. The highest BCUT2D eigenvalue weighted by atomic mass is 35.5. The van der Waals surface area contributed by atoms with Crippen LogP contribution in [0.25, 0.3) is 0 Å². The molecule has 0 aliphatic rings. The molecular formula is C13H11ClN4O5. The number of aromatic carboxylic acids is 1. The molecule has 0 radical (unpaired) electrons. The van der Waals surface area contributed by atoms with E-state index in [2.05, 4.69) is 10.4 Å². The number of anilines is 1. The van der Waals surface area contributed by atoms with Crippen molar-refractivity contribution < 1.29 is 19.6 Å². The van der Waals surface area contributed by atoms with Crippen LogP contribution in [0.5, 0.6) is 0 Å². The highest BCUT2D eigenvalue weighted by Gasteiger charge is 2.17. The summed E-state index contributed by atoms with van der Waals surface area (Å²) in [4.78, 5) is 33.1. The van der Waals surface area contributed by atoms with Crippen molar-refractivity contribution in [1.82, 2.24) is 9.78 Å². The van der Waals surface area contributed by atoms with Gasteiger partial charge in [-0.3, -0.25) is 19.6 Å². The van der Waals surface area contributed by atoms with Crippen molar-refractivity contribution in [2.45, 2.75) is 13.0 Å². The van der Waals surface area contributed by atoms with E-state index in [4.69, 9.17) is 16.7 Å². The number of hydrogen-bond acceptors (Lipinski definition) is 5. The van der Waals surface area contributed by atoms with Crippen molar-refractivity contribution in [2.75, 3.05) is 5.32 Å². The maximum atomic E-state index is 11.9. The van der Waals surface area contributed by atoms with E-state index in [1.807, 2.05) is 0 Å². The Hall–Kier alpha value is -2.94. The number of nitro benzene ring substituents is 1. The largest absolute Gasteiger partial charge is 0.477 e. The fourth-order valence-corrected chi connectivity index (χ4v) is 2.04. The van der Waals surface area contributed by atoms with Crippen LogP contribution in [0.2, 0.25) is 5.02 Å².